The van der Waals surface area contributed by atoms with E-state index in [2.05, 4.69) is 6.08 Å². The minimum absolute atomic E-state index is 0.0660. The van der Waals surface area contributed by atoms with Gasteiger partial charge in [-0.2, -0.15) is 0 Å². The molecule has 4 heteroatoms. The van der Waals surface area contributed by atoms with Crippen molar-refractivity contribution in [3.63, 3.8) is 0 Å². The molecule has 0 aliphatic carbocycles. The molecule has 1 amide bonds. The van der Waals surface area contributed by atoms with Gasteiger partial charge in [0.05, 0.1) is 5.03 Å². The minimum Gasteiger partial charge on any atom is -0.275 e. The van der Waals surface area contributed by atoms with Crippen LogP contribution < -0.4 is 4.90 Å². The molecule has 19 heavy (non-hydrogen) atoms. The Morgan fingerprint density at radius 1 is 1.32 bits per heavy atom. The Balaban J connectivity index is 2.42. The summed E-state index contributed by atoms with van der Waals surface area (Å²) < 4.78 is 13.0. The van der Waals surface area contributed by atoms with Crippen LogP contribution in [0.1, 0.15) is 26.7 Å². The topological polar surface area (TPSA) is 20.3 Å². The number of carbonyl (C=O) groups excluding carboxylic acids is 1. The molecule has 0 saturated carbocycles. The fourth-order valence-corrected chi connectivity index (χ4v) is 2.97. The lowest BCUT2D eigenvalue weighted by Crippen LogP contribution is -2.27. The summed E-state index contributed by atoms with van der Waals surface area (Å²) in [6.07, 6.45) is 4.02. The molecule has 0 fully saturated rings. The van der Waals surface area contributed by atoms with Crippen LogP contribution in [-0.4, -0.2) is 5.91 Å². The van der Waals surface area contributed by atoms with Crippen molar-refractivity contribution in [2.24, 2.45) is 0 Å². The number of anilines is 1. The number of halogens is 1. The van der Waals surface area contributed by atoms with Crippen molar-refractivity contribution in [1.82, 2.24) is 0 Å². The molecule has 2 nitrogen and oxygen atoms in total. The van der Waals surface area contributed by atoms with E-state index in [4.69, 9.17) is 0 Å². The normalized spacial score (nSPS) is 15.3. The monoisotopic (exact) mass is 277 g/mol. The average Bonchev–Trinajstić information content (AvgIpc) is 2.57. The number of carbonyl (C=O) groups is 1. The van der Waals surface area contributed by atoms with Crippen molar-refractivity contribution in [3.8, 4) is 0 Å². The van der Waals surface area contributed by atoms with Crippen LogP contribution in [0.3, 0.4) is 0 Å². The van der Waals surface area contributed by atoms with Gasteiger partial charge in [-0.25, -0.2) is 4.39 Å². The maximum Gasteiger partial charge on any atom is 0.228 e. The van der Waals surface area contributed by atoms with Gasteiger partial charge in [0, 0.05) is 12.6 Å². The first-order valence-corrected chi connectivity index (χ1v) is 7.05. The molecule has 0 unspecified atom stereocenters. The molecule has 0 N–H and O–H groups in total. The van der Waals surface area contributed by atoms with Crippen LogP contribution in [-0.2, 0) is 4.79 Å². The highest BCUT2D eigenvalue weighted by Gasteiger charge is 2.19. The Morgan fingerprint density at radius 2 is 2.00 bits per heavy atom. The fourth-order valence-electron chi connectivity index (χ4n) is 1.96. The number of allylic oxidation sites excluding steroid dienone is 2. The van der Waals surface area contributed by atoms with Crippen LogP contribution in [0.15, 0.2) is 46.4 Å². The van der Waals surface area contributed by atoms with Crippen molar-refractivity contribution < 1.29 is 9.18 Å². The Kier molecular flexibility index (Phi) is 4.43. The first-order chi connectivity index (χ1) is 9.09. The number of benzene rings is 1. The third-order valence-electron chi connectivity index (χ3n) is 2.93. The molecule has 0 saturated heterocycles. The largest absolute Gasteiger partial charge is 0.275 e. The van der Waals surface area contributed by atoms with E-state index in [9.17, 15) is 9.18 Å². The summed E-state index contributed by atoms with van der Waals surface area (Å²) in [5.74, 6) is -0.366. The Labute approximate surface area is 117 Å². The van der Waals surface area contributed by atoms with E-state index in [1.807, 2.05) is 12.3 Å². The van der Waals surface area contributed by atoms with Crippen molar-refractivity contribution in [2.45, 2.75) is 26.7 Å². The van der Waals surface area contributed by atoms with Crippen LogP contribution in [0.25, 0.3) is 0 Å². The van der Waals surface area contributed by atoms with Gasteiger partial charge >= 0.3 is 0 Å². The predicted molar refractivity (Wildman–Crippen MR) is 78.2 cm³/mol. The zero-order chi connectivity index (χ0) is 13.8. The van der Waals surface area contributed by atoms with Crippen molar-refractivity contribution in [1.29, 1.82) is 0 Å². The zero-order valence-corrected chi connectivity index (χ0v) is 11.8. The number of hydrogen-bond donors (Lipinski definition) is 0. The van der Waals surface area contributed by atoms with Gasteiger partial charge in [-0.3, -0.25) is 9.69 Å². The van der Waals surface area contributed by atoms with Crippen LogP contribution >= 0.6 is 11.8 Å². The summed E-state index contributed by atoms with van der Waals surface area (Å²) in [6, 6.07) is 6.01. The average molecular weight is 277 g/mol. The Morgan fingerprint density at radius 3 is 2.63 bits per heavy atom. The highest BCUT2D eigenvalue weighted by molar-refractivity contribution is 8.06. The van der Waals surface area contributed by atoms with Crippen LogP contribution in [0.4, 0.5) is 10.1 Å². The zero-order valence-electron chi connectivity index (χ0n) is 11.0. The van der Waals surface area contributed by atoms with Gasteiger partial charge in [0.2, 0.25) is 5.91 Å². The van der Waals surface area contributed by atoms with Crippen LogP contribution in [0.2, 0.25) is 0 Å². The summed E-state index contributed by atoms with van der Waals surface area (Å²) in [7, 11) is 0. The number of amides is 1. The number of nitrogens with zero attached hydrogens (tertiary/aromatic N) is 1. The van der Waals surface area contributed by atoms with E-state index in [1.165, 1.54) is 36.4 Å². The van der Waals surface area contributed by atoms with E-state index in [-0.39, 0.29) is 11.7 Å². The molecule has 0 bridgehead atoms. The molecular weight excluding hydrogens is 261 g/mol. The Bertz CT molecular complexity index is 534. The number of hydrogen-bond acceptors (Lipinski definition) is 2. The first-order valence-electron chi connectivity index (χ1n) is 6.17. The van der Waals surface area contributed by atoms with E-state index in [1.54, 1.807) is 17.0 Å². The van der Waals surface area contributed by atoms with Gasteiger partial charge in [-0.15, -0.1) is 0 Å². The second-order valence-corrected chi connectivity index (χ2v) is 5.34. The molecule has 0 radical (unpaired) electrons. The molecule has 1 aliphatic heterocycles. The summed E-state index contributed by atoms with van der Waals surface area (Å²) in [6.45, 7) is 3.56. The second-order valence-electron chi connectivity index (χ2n) is 4.44. The molecule has 0 atom stereocenters. The quantitative estimate of drug-likeness (QED) is 0.796. The first kappa shape index (κ1) is 13.9. The molecule has 1 aromatic rings. The number of thioether (sulfide) groups is 1. The van der Waals surface area contributed by atoms with E-state index in [0.717, 1.165) is 17.9 Å². The van der Waals surface area contributed by atoms with Crippen LogP contribution in [0, 0.1) is 5.82 Å². The summed E-state index contributed by atoms with van der Waals surface area (Å²) in [5, 5.41) is 2.93. The van der Waals surface area contributed by atoms with Gasteiger partial charge < -0.3 is 0 Å². The molecule has 2 rings (SSSR count). The lowest BCUT2D eigenvalue weighted by Gasteiger charge is -2.24. The SMILES string of the molecule is CC(=O)N(C1=C(C)CCC=CS1)c1ccc(F)cc1. The molecule has 0 spiro atoms. The summed E-state index contributed by atoms with van der Waals surface area (Å²) in [4.78, 5) is 13.6. The lowest BCUT2D eigenvalue weighted by molar-refractivity contribution is -0.116. The molecule has 0 aromatic heterocycles. The van der Waals surface area contributed by atoms with Crippen molar-refractivity contribution in [2.75, 3.05) is 4.90 Å². The van der Waals surface area contributed by atoms with Gasteiger partial charge in [-0.1, -0.05) is 17.8 Å². The third-order valence-corrected chi connectivity index (χ3v) is 4.01. The van der Waals surface area contributed by atoms with E-state index >= 15 is 0 Å². The van der Waals surface area contributed by atoms with Gasteiger partial charge in [0.15, 0.2) is 0 Å². The van der Waals surface area contributed by atoms with Gasteiger partial charge in [-0.05, 0) is 55.0 Å². The van der Waals surface area contributed by atoms with Crippen molar-refractivity contribution >= 4 is 23.4 Å². The van der Waals surface area contributed by atoms with Crippen LogP contribution in [0.5, 0.6) is 0 Å². The molecule has 1 aromatic carbocycles. The lowest BCUT2D eigenvalue weighted by atomic mass is 10.1. The number of rotatable bonds is 2. The Hall–Kier alpha value is -1.55. The third kappa shape index (κ3) is 3.26. The van der Waals surface area contributed by atoms with E-state index < -0.39 is 0 Å². The predicted octanol–water partition coefficient (Wildman–Crippen LogP) is 4.45. The summed E-state index contributed by atoms with van der Waals surface area (Å²) in [5.41, 5.74) is 1.88. The summed E-state index contributed by atoms with van der Waals surface area (Å²) >= 11 is 1.54. The smallest absolute Gasteiger partial charge is 0.228 e. The standard InChI is InChI=1S/C15H16FNOS/c1-11-5-3-4-10-19-15(11)17(12(2)18)14-8-6-13(16)7-9-14/h4,6-10H,3,5H2,1-2H3. The highest BCUT2D eigenvalue weighted by atomic mass is 32.2. The van der Waals surface area contributed by atoms with Crippen molar-refractivity contribution in [3.05, 3.63) is 52.2 Å². The van der Waals surface area contributed by atoms with E-state index in [0.29, 0.717) is 5.69 Å². The molecule has 100 valence electrons. The molecular formula is C15H16FNOS. The minimum atomic E-state index is -0.300. The second kappa shape index (κ2) is 6.06. The molecule has 1 aliphatic rings. The van der Waals surface area contributed by atoms with Gasteiger partial charge in [0.25, 0.3) is 0 Å². The highest BCUT2D eigenvalue weighted by Crippen LogP contribution is 2.34. The molecule has 1 heterocycles. The van der Waals surface area contributed by atoms with Gasteiger partial charge in [0.1, 0.15) is 5.82 Å². The fraction of sp³-hybridized carbons (Fsp3) is 0.267. The maximum absolute atomic E-state index is 13.0. The maximum atomic E-state index is 13.0.